The molecule has 0 atom stereocenters. The summed E-state index contributed by atoms with van der Waals surface area (Å²) in [4.78, 5) is 20.7. The fraction of sp³-hybridized carbons (Fsp3) is 0.471. The standard InChI is InChI=1S/C17H21ClN4O2/c1-12(2)16-19-17(24-20-16)22-8-6-21(7-9-22)15(23)11-13-4-3-5-14(18)10-13/h3-5,10,12H,6-9,11H2,1-2H3. The van der Waals surface area contributed by atoms with E-state index in [-0.39, 0.29) is 11.8 Å². The molecule has 1 aliphatic heterocycles. The maximum absolute atomic E-state index is 12.4. The summed E-state index contributed by atoms with van der Waals surface area (Å²) in [5, 5.41) is 4.64. The van der Waals surface area contributed by atoms with Crippen molar-refractivity contribution in [2.24, 2.45) is 0 Å². The molecule has 0 N–H and O–H groups in total. The topological polar surface area (TPSA) is 62.5 Å². The second kappa shape index (κ2) is 7.21. The highest BCUT2D eigenvalue weighted by atomic mass is 35.5. The summed E-state index contributed by atoms with van der Waals surface area (Å²) < 4.78 is 5.32. The normalized spacial score (nSPS) is 15.2. The van der Waals surface area contributed by atoms with Crippen molar-refractivity contribution in [2.75, 3.05) is 31.1 Å². The number of rotatable bonds is 4. The van der Waals surface area contributed by atoms with Crippen molar-refractivity contribution >= 4 is 23.5 Å². The van der Waals surface area contributed by atoms with E-state index in [1.165, 1.54) is 0 Å². The number of nitrogens with zero attached hydrogens (tertiary/aromatic N) is 4. The molecule has 1 aliphatic rings. The predicted octanol–water partition coefficient (Wildman–Crippen LogP) is 2.74. The SMILES string of the molecule is CC(C)c1noc(N2CCN(C(=O)Cc3cccc(Cl)c3)CC2)n1. The first-order chi connectivity index (χ1) is 11.5. The molecule has 7 heteroatoms. The monoisotopic (exact) mass is 348 g/mol. The van der Waals surface area contributed by atoms with E-state index in [0.717, 1.165) is 5.56 Å². The quantitative estimate of drug-likeness (QED) is 0.850. The van der Waals surface area contributed by atoms with Crippen LogP contribution in [0.2, 0.25) is 5.02 Å². The third-order valence-corrected chi connectivity index (χ3v) is 4.33. The molecule has 1 aromatic heterocycles. The van der Waals surface area contributed by atoms with Crippen molar-refractivity contribution in [3.63, 3.8) is 0 Å². The fourth-order valence-electron chi connectivity index (χ4n) is 2.67. The fourth-order valence-corrected chi connectivity index (χ4v) is 2.88. The van der Waals surface area contributed by atoms with E-state index in [9.17, 15) is 4.79 Å². The predicted molar refractivity (Wildman–Crippen MR) is 92.3 cm³/mol. The van der Waals surface area contributed by atoms with Crippen LogP contribution in [-0.2, 0) is 11.2 Å². The van der Waals surface area contributed by atoms with E-state index in [4.69, 9.17) is 16.1 Å². The van der Waals surface area contributed by atoms with Crippen molar-refractivity contribution in [3.8, 4) is 0 Å². The molecule has 1 amide bonds. The molecule has 1 saturated heterocycles. The van der Waals surface area contributed by atoms with Crippen LogP contribution in [0.3, 0.4) is 0 Å². The van der Waals surface area contributed by atoms with Gasteiger partial charge in [0, 0.05) is 37.1 Å². The summed E-state index contributed by atoms with van der Waals surface area (Å²) in [5.41, 5.74) is 0.938. The first-order valence-electron chi connectivity index (χ1n) is 8.13. The third-order valence-electron chi connectivity index (χ3n) is 4.09. The van der Waals surface area contributed by atoms with Crippen LogP contribution < -0.4 is 4.90 Å². The number of carbonyl (C=O) groups is 1. The first kappa shape index (κ1) is 16.8. The molecule has 0 aliphatic carbocycles. The van der Waals surface area contributed by atoms with E-state index in [1.54, 1.807) is 0 Å². The summed E-state index contributed by atoms with van der Waals surface area (Å²) in [7, 11) is 0. The number of benzene rings is 1. The average molecular weight is 349 g/mol. The molecule has 2 heterocycles. The van der Waals surface area contributed by atoms with Crippen LogP contribution in [0.15, 0.2) is 28.8 Å². The first-order valence-corrected chi connectivity index (χ1v) is 8.51. The van der Waals surface area contributed by atoms with Crippen LogP contribution in [0.1, 0.15) is 31.2 Å². The van der Waals surface area contributed by atoms with E-state index in [0.29, 0.717) is 49.5 Å². The van der Waals surface area contributed by atoms with Crippen LogP contribution in [-0.4, -0.2) is 47.1 Å². The van der Waals surface area contributed by atoms with Crippen LogP contribution >= 0.6 is 11.6 Å². The second-order valence-electron chi connectivity index (χ2n) is 6.26. The van der Waals surface area contributed by atoms with Crippen molar-refractivity contribution in [3.05, 3.63) is 40.7 Å². The third kappa shape index (κ3) is 3.87. The second-order valence-corrected chi connectivity index (χ2v) is 6.70. The maximum atomic E-state index is 12.4. The Bertz CT molecular complexity index is 708. The van der Waals surface area contributed by atoms with Crippen LogP contribution in [0.4, 0.5) is 6.01 Å². The molecule has 1 fully saturated rings. The molecule has 0 saturated carbocycles. The molecule has 2 aromatic rings. The molecule has 0 bridgehead atoms. The molecule has 0 radical (unpaired) electrons. The summed E-state index contributed by atoms with van der Waals surface area (Å²) in [6.45, 7) is 6.75. The number of hydrogen-bond donors (Lipinski definition) is 0. The molecule has 0 unspecified atom stereocenters. The van der Waals surface area contributed by atoms with Gasteiger partial charge in [0.25, 0.3) is 0 Å². The molecule has 24 heavy (non-hydrogen) atoms. The number of aromatic nitrogens is 2. The smallest absolute Gasteiger partial charge is 0.324 e. The number of halogens is 1. The summed E-state index contributed by atoms with van der Waals surface area (Å²) in [6, 6.07) is 7.98. The van der Waals surface area contributed by atoms with Gasteiger partial charge in [0.1, 0.15) is 0 Å². The van der Waals surface area contributed by atoms with E-state index in [2.05, 4.69) is 10.1 Å². The van der Waals surface area contributed by atoms with Crippen molar-refractivity contribution in [2.45, 2.75) is 26.2 Å². The lowest BCUT2D eigenvalue weighted by molar-refractivity contribution is -0.130. The van der Waals surface area contributed by atoms with Gasteiger partial charge in [-0.2, -0.15) is 4.98 Å². The number of carbonyl (C=O) groups excluding carboxylic acids is 1. The van der Waals surface area contributed by atoms with E-state index >= 15 is 0 Å². The Hall–Kier alpha value is -2.08. The molecule has 1 aromatic carbocycles. The molecular formula is C17H21ClN4O2. The molecule has 128 valence electrons. The maximum Gasteiger partial charge on any atom is 0.324 e. The Morgan fingerprint density at radius 2 is 2.04 bits per heavy atom. The Morgan fingerprint density at radius 3 is 2.67 bits per heavy atom. The van der Waals surface area contributed by atoms with E-state index in [1.807, 2.05) is 47.9 Å². The van der Waals surface area contributed by atoms with Crippen molar-refractivity contribution < 1.29 is 9.32 Å². The van der Waals surface area contributed by atoms with Gasteiger partial charge in [-0.15, -0.1) is 0 Å². The minimum atomic E-state index is 0.116. The lowest BCUT2D eigenvalue weighted by atomic mass is 10.1. The van der Waals surface area contributed by atoms with Gasteiger partial charge in [-0.3, -0.25) is 4.79 Å². The lowest BCUT2D eigenvalue weighted by Crippen LogP contribution is -2.49. The Labute approximate surface area is 146 Å². The minimum absolute atomic E-state index is 0.116. The van der Waals surface area contributed by atoms with Gasteiger partial charge in [-0.05, 0) is 17.7 Å². The zero-order valence-electron chi connectivity index (χ0n) is 13.9. The lowest BCUT2D eigenvalue weighted by Gasteiger charge is -2.33. The van der Waals surface area contributed by atoms with Crippen LogP contribution in [0.5, 0.6) is 0 Å². The van der Waals surface area contributed by atoms with Crippen molar-refractivity contribution in [1.29, 1.82) is 0 Å². The summed E-state index contributed by atoms with van der Waals surface area (Å²) in [5.74, 6) is 1.07. The Morgan fingerprint density at radius 1 is 1.29 bits per heavy atom. The number of hydrogen-bond acceptors (Lipinski definition) is 5. The van der Waals surface area contributed by atoms with Crippen LogP contribution in [0, 0.1) is 0 Å². The number of piperazine rings is 1. The van der Waals surface area contributed by atoms with Crippen molar-refractivity contribution in [1.82, 2.24) is 15.0 Å². The molecule has 0 spiro atoms. The molecule has 3 rings (SSSR count). The highest BCUT2D eigenvalue weighted by Crippen LogP contribution is 2.18. The van der Waals surface area contributed by atoms with Gasteiger partial charge in [0.15, 0.2) is 5.82 Å². The Kier molecular flexibility index (Phi) is 5.04. The molecular weight excluding hydrogens is 328 g/mol. The molecule has 6 nitrogen and oxygen atoms in total. The average Bonchev–Trinajstić information content (AvgIpc) is 3.05. The van der Waals surface area contributed by atoms with Gasteiger partial charge < -0.3 is 14.3 Å². The summed E-state index contributed by atoms with van der Waals surface area (Å²) in [6.07, 6.45) is 0.374. The minimum Gasteiger partial charge on any atom is -0.339 e. The highest BCUT2D eigenvalue weighted by Gasteiger charge is 2.24. The number of amides is 1. The van der Waals surface area contributed by atoms with Gasteiger partial charge >= 0.3 is 6.01 Å². The van der Waals surface area contributed by atoms with E-state index < -0.39 is 0 Å². The van der Waals surface area contributed by atoms with Gasteiger partial charge in [0.2, 0.25) is 5.91 Å². The van der Waals surface area contributed by atoms with Gasteiger partial charge in [0.05, 0.1) is 6.42 Å². The van der Waals surface area contributed by atoms with Crippen LogP contribution in [0.25, 0.3) is 0 Å². The summed E-state index contributed by atoms with van der Waals surface area (Å²) >= 11 is 5.97. The van der Waals surface area contributed by atoms with Gasteiger partial charge in [-0.1, -0.05) is 42.7 Å². The van der Waals surface area contributed by atoms with Gasteiger partial charge in [-0.25, -0.2) is 0 Å². The zero-order chi connectivity index (χ0) is 17.1. The zero-order valence-corrected chi connectivity index (χ0v) is 14.7. The largest absolute Gasteiger partial charge is 0.339 e. The number of anilines is 1. The Balaban J connectivity index is 1.55. The highest BCUT2D eigenvalue weighted by molar-refractivity contribution is 6.30.